The highest BCUT2D eigenvalue weighted by molar-refractivity contribution is 7.91. The van der Waals surface area contributed by atoms with Crippen LogP contribution in [0.4, 0.5) is 11.4 Å². The van der Waals surface area contributed by atoms with Crippen molar-refractivity contribution in [3.8, 4) is 5.69 Å². The molecule has 3 rings (SSSR count). The first-order valence-electron chi connectivity index (χ1n) is 8.88. The number of nitrogens with zero attached hydrogens (tertiary/aromatic N) is 3. The summed E-state index contributed by atoms with van der Waals surface area (Å²) in [4.78, 5) is 12.2. The van der Waals surface area contributed by atoms with Crippen molar-refractivity contribution in [3.05, 3.63) is 63.5 Å². The first-order chi connectivity index (χ1) is 14.9. The number of halogens is 1. The second kappa shape index (κ2) is 8.96. The van der Waals surface area contributed by atoms with Gasteiger partial charge in [0.05, 0.1) is 28.6 Å². The highest BCUT2D eigenvalue weighted by atomic mass is 35.5. The van der Waals surface area contributed by atoms with E-state index in [2.05, 4.69) is 15.3 Å². The van der Waals surface area contributed by atoms with E-state index in [0.29, 0.717) is 11.4 Å². The van der Waals surface area contributed by atoms with E-state index >= 15 is 0 Å². The molecule has 3 aromatic rings. The molecule has 0 unspecified atom stereocenters. The molecule has 1 aromatic heterocycles. The number of aromatic nitrogens is 2. The topological polar surface area (TPSA) is 171 Å². The molecule has 170 valence electrons. The van der Waals surface area contributed by atoms with Gasteiger partial charge in [0.15, 0.2) is 15.5 Å². The Hall–Kier alpha value is -2.84. The maximum absolute atomic E-state index is 12.8. The maximum atomic E-state index is 12.8. The number of H-pyrrole nitrogens is 1. The quantitative estimate of drug-likeness (QED) is 0.330. The van der Waals surface area contributed by atoms with E-state index in [1.165, 1.54) is 43.3 Å². The molecule has 2 aromatic carbocycles. The molecule has 0 fully saturated rings. The molecule has 0 spiro atoms. The van der Waals surface area contributed by atoms with E-state index in [-0.39, 0.29) is 21.3 Å². The average Bonchev–Trinajstić information content (AvgIpc) is 3.00. The first kappa shape index (κ1) is 23.8. The van der Waals surface area contributed by atoms with Crippen LogP contribution >= 0.6 is 11.6 Å². The van der Waals surface area contributed by atoms with Crippen LogP contribution < -0.4 is 5.56 Å². The Morgan fingerprint density at radius 3 is 2.31 bits per heavy atom. The number of azo groups is 1. The summed E-state index contributed by atoms with van der Waals surface area (Å²) in [5.74, 6) is -0.422. The van der Waals surface area contributed by atoms with Crippen LogP contribution in [0.2, 0.25) is 5.02 Å². The van der Waals surface area contributed by atoms with Crippen molar-refractivity contribution in [1.82, 2.24) is 9.78 Å². The summed E-state index contributed by atoms with van der Waals surface area (Å²) < 4.78 is 57.6. The van der Waals surface area contributed by atoms with E-state index in [1.54, 1.807) is 0 Å². The summed E-state index contributed by atoms with van der Waals surface area (Å²) >= 11 is 5.76. The largest absolute Gasteiger partial charge is 0.395 e. The van der Waals surface area contributed by atoms with Gasteiger partial charge in [-0.1, -0.05) is 11.6 Å². The third-order valence-corrected chi connectivity index (χ3v) is 7.14. The van der Waals surface area contributed by atoms with Crippen LogP contribution in [-0.4, -0.2) is 48.6 Å². The van der Waals surface area contributed by atoms with Crippen LogP contribution in [0.15, 0.2) is 67.3 Å². The first-order valence-corrected chi connectivity index (χ1v) is 12.4. The number of aliphatic hydroxyl groups excluding tert-OH is 1. The summed E-state index contributed by atoms with van der Waals surface area (Å²) in [5, 5.41) is 19.3. The van der Waals surface area contributed by atoms with Gasteiger partial charge in [-0.05, 0) is 49.4 Å². The van der Waals surface area contributed by atoms with Gasteiger partial charge in [-0.2, -0.15) is 8.42 Å². The number of nitrogens with one attached hydrogen (secondary N) is 1. The fourth-order valence-electron chi connectivity index (χ4n) is 2.76. The molecule has 0 aliphatic rings. The zero-order valence-corrected chi connectivity index (χ0v) is 18.8. The molecule has 0 bridgehead atoms. The van der Waals surface area contributed by atoms with E-state index in [0.717, 1.165) is 10.7 Å². The van der Waals surface area contributed by atoms with Gasteiger partial charge in [0.1, 0.15) is 10.6 Å². The van der Waals surface area contributed by atoms with Crippen LogP contribution in [0, 0.1) is 6.92 Å². The number of aryl methyl sites for hydroxylation is 1. The lowest BCUT2D eigenvalue weighted by Crippen LogP contribution is -2.15. The van der Waals surface area contributed by atoms with Crippen molar-refractivity contribution in [2.75, 3.05) is 12.4 Å². The van der Waals surface area contributed by atoms with E-state index in [4.69, 9.17) is 16.7 Å². The molecular formula is C18H17ClN4O7S2. The Morgan fingerprint density at radius 1 is 1.06 bits per heavy atom. The fraction of sp³-hybridized carbons (Fsp3) is 0.167. The molecule has 14 heteroatoms. The minimum atomic E-state index is -4.63. The van der Waals surface area contributed by atoms with Gasteiger partial charge in [-0.15, -0.1) is 10.2 Å². The number of sulfone groups is 1. The zero-order valence-electron chi connectivity index (χ0n) is 16.4. The third-order valence-electron chi connectivity index (χ3n) is 4.31. The van der Waals surface area contributed by atoms with Crippen molar-refractivity contribution in [1.29, 1.82) is 0 Å². The molecular weight excluding hydrogens is 484 g/mol. The Labute approximate surface area is 187 Å². The third kappa shape index (κ3) is 4.97. The minimum absolute atomic E-state index is 0.00739. The molecule has 11 nitrogen and oxygen atoms in total. The Kier molecular flexibility index (Phi) is 6.67. The van der Waals surface area contributed by atoms with E-state index < -0.39 is 42.8 Å². The summed E-state index contributed by atoms with van der Waals surface area (Å²) in [7, 11) is -8.27. The highest BCUT2D eigenvalue weighted by Gasteiger charge is 2.18. The lowest BCUT2D eigenvalue weighted by atomic mass is 10.3. The van der Waals surface area contributed by atoms with Crippen molar-refractivity contribution in [2.45, 2.75) is 16.7 Å². The number of hydrogen-bond donors (Lipinski definition) is 3. The molecule has 0 saturated carbocycles. The van der Waals surface area contributed by atoms with Gasteiger partial charge in [0.25, 0.3) is 15.7 Å². The number of rotatable bonds is 7. The van der Waals surface area contributed by atoms with Crippen LogP contribution in [0.1, 0.15) is 5.69 Å². The summed E-state index contributed by atoms with van der Waals surface area (Å²) in [6, 6.07) is 8.98. The fourth-order valence-corrected chi connectivity index (χ4v) is 4.67. The van der Waals surface area contributed by atoms with Crippen LogP contribution in [0.3, 0.4) is 0 Å². The van der Waals surface area contributed by atoms with Crippen molar-refractivity contribution in [2.24, 2.45) is 10.2 Å². The lowest BCUT2D eigenvalue weighted by molar-refractivity contribution is 0.319. The molecule has 3 N–H and O–H groups in total. The van der Waals surface area contributed by atoms with Gasteiger partial charge in [-0.3, -0.25) is 14.4 Å². The molecule has 0 aliphatic carbocycles. The normalized spacial score (nSPS) is 12.5. The molecule has 1 heterocycles. The molecule has 0 amide bonds. The molecule has 32 heavy (non-hydrogen) atoms. The second-order valence-corrected chi connectivity index (χ2v) is 10.5. The molecule has 0 saturated heterocycles. The summed E-state index contributed by atoms with van der Waals surface area (Å²) in [6.07, 6.45) is 0. The number of hydrogen-bond acceptors (Lipinski definition) is 8. The summed E-state index contributed by atoms with van der Waals surface area (Å²) in [5.41, 5.74) is -0.356. The van der Waals surface area contributed by atoms with Crippen molar-refractivity contribution in [3.63, 3.8) is 0 Å². The van der Waals surface area contributed by atoms with E-state index in [9.17, 15) is 26.2 Å². The van der Waals surface area contributed by atoms with Gasteiger partial charge >= 0.3 is 0 Å². The van der Waals surface area contributed by atoms with Gasteiger partial charge < -0.3 is 5.11 Å². The molecule has 0 aliphatic heterocycles. The number of benzene rings is 2. The summed E-state index contributed by atoms with van der Waals surface area (Å²) in [6.45, 7) is 1.03. The average molecular weight is 501 g/mol. The van der Waals surface area contributed by atoms with Crippen LogP contribution in [-0.2, 0) is 20.0 Å². The highest BCUT2D eigenvalue weighted by Crippen LogP contribution is 2.29. The Balaban J connectivity index is 1.99. The SMILES string of the molecule is Cc1[nH]n(-c2ccc(S(=O)(=O)CCO)cc2)c(=O)c1/N=N/c1ccc(Cl)cc1S(=O)(=O)O. The number of aromatic amines is 1. The zero-order chi connectivity index (χ0) is 23.7. The van der Waals surface area contributed by atoms with Crippen LogP contribution in [0.25, 0.3) is 5.69 Å². The van der Waals surface area contributed by atoms with Crippen molar-refractivity contribution < 1.29 is 26.5 Å². The minimum Gasteiger partial charge on any atom is -0.395 e. The van der Waals surface area contributed by atoms with Crippen LogP contribution in [0.5, 0.6) is 0 Å². The smallest absolute Gasteiger partial charge is 0.299 e. The standard InChI is InChI=1S/C18H17ClN4O7S2/c1-11-17(21-20-15-7-2-12(19)10-16(15)32(28,29)30)18(25)23(22-11)13-3-5-14(6-4-13)31(26,27)9-8-24/h2-7,10,22,24H,8-9H2,1H3,(H,28,29,30)/b21-20+. The monoisotopic (exact) mass is 500 g/mol. The predicted octanol–water partition coefficient (Wildman–Crippen LogP) is 2.56. The van der Waals surface area contributed by atoms with Gasteiger partial charge in [-0.25, -0.2) is 13.1 Å². The van der Waals surface area contributed by atoms with Gasteiger partial charge in [0, 0.05) is 5.02 Å². The molecule has 0 atom stereocenters. The number of aliphatic hydroxyl groups is 1. The van der Waals surface area contributed by atoms with E-state index in [1.807, 2.05) is 0 Å². The maximum Gasteiger partial charge on any atom is 0.299 e. The van der Waals surface area contributed by atoms with Crippen molar-refractivity contribution >= 4 is 42.9 Å². The second-order valence-electron chi connectivity index (χ2n) is 6.55. The van der Waals surface area contributed by atoms with Gasteiger partial charge in [0.2, 0.25) is 0 Å². The Bertz CT molecular complexity index is 1460. The Morgan fingerprint density at radius 2 is 1.72 bits per heavy atom. The lowest BCUT2D eigenvalue weighted by Gasteiger charge is -2.05. The predicted molar refractivity (Wildman–Crippen MR) is 116 cm³/mol. The molecule has 0 radical (unpaired) electrons.